The Morgan fingerprint density at radius 1 is 0.358 bits per heavy atom. The molecule has 1 aliphatic carbocycles. The molecule has 0 aliphatic heterocycles. The molecule has 0 saturated heterocycles. The normalized spacial score (nSPS) is 14.2. The van der Waals surface area contributed by atoms with Gasteiger partial charge in [-0.1, -0.05) is 99.4 Å². The molecule has 8 aromatic carbocycles. The van der Waals surface area contributed by atoms with Gasteiger partial charge in [0.2, 0.25) is 45.6 Å². The molecule has 20 aromatic rings. The van der Waals surface area contributed by atoms with Crippen LogP contribution in [0.1, 0.15) is 97.0 Å². The van der Waals surface area contributed by atoms with Crippen molar-refractivity contribution >= 4 is 132 Å². The van der Waals surface area contributed by atoms with E-state index >= 15 is 0 Å². The summed E-state index contributed by atoms with van der Waals surface area (Å²) in [6.45, 7) is 9.52. The van der Waals surface area contributed by atoms with E-state index in [0.29, 0.717) is 28.4 Å². The Balaban J connectivity index is 0.000000106. The Labute approximate surface area is 638 Å². The highest BCUT2D eigenvalue weighted by Gasteiger charge is 2.26. The van der Waals surface area contributed by atoms with Crippen molar-refractivity contribution < 1.29 is 42.8 Å². The van der Waals surface area contributed by atoms with E-state index in [1.807, 2.05) is 122 Å². The van der Waals surface area contributed by atoms with E-state index in [1.165, 1.54) is 51.7 Å². The summed E-state index contributed by atoms with van der Waals surface area (Å²) in [7, 11) is 8.15. The van der Waals surface area contributed by atoms with E-state index in [2.05, 4.69) is 207 Å². The smallest absolute Gasteiger partial charge is 0.227 e. The summed E-state index contributed by atoms with van der Waals surface area (Å²) in [5.74, 6) is -2.16. The SMILES string of the molecule is Cc1cc2oc3nc4ccccc4cc3c2cc1-c1cccc[n+]1C.Cc1cc[n+](C)c(-c2cc3c(cc2C)oc2nc4ccccc4cc23)c1.[2H]C([2H])([2H])C([2H])(C)c1cc[n+](C)c(-c2cc3c(cc2C)oc2nc4ccccc4cc23)c1.[2H]C1(c2cc[n+](C)c(-c3cc4c(cc3C)oc3nc5ccccc5cc34)c2)CCCC1. The van der Waals surface area contributed by atoms with Crippen molar-refractivity contribution in [2.45, 2.75) is 85.9 Å². The molecular weight excluding hydrogens is 1340 g/mol. The summed E-state index contributed by atoms with van der Waals surface area (Å²) in [6.07, 6.45) is 12.3. The predicted molar refractivity (Wildman–Crippen MR) is 442 cm³/mol. The van der Waals surface area contributed by atoms with Crippen molar-refractivity contribution in [1.29, 1.82) is 0 Å². The summed E-state index contributed by atoms with van der Waals surface area (Å²) in [5.41, 5.74) is 26.1. The average Bonchev–Trinajstić information content (AvgIpc) is 1.06. The molecule has 12 heterocycles. The van der Waals surface area contributed by atoms with Crippen LogP contribution in [0.5, 0.6) is 0 Å². The topological polar surface area (TPSA) is 120 Å². The number of para-hydroxylation sites is 4. The Hall–Kier alpha value is -12.8. The van der Waals surface area contributed by atoms with Gasteiger partial charge in [-0.05, 0) is 201 Å². The number of fused-ring (bicyclic) bond motifs is 16. The van der Waals surface area contributed by atoms with Crippen LogP contribution in [0.2, 0.25) is 0 Å². The van der Waals surface area contributed by atoms with Gasteiger partial charge in [-0.25, -0.2) is 38.2 Å². The number of hydrogen-bond donors (Lipinski definition) is 0. The van der Waals surface area contributed by atoms with Crippen LogP contribution in [0.15, 0.2) is 267 Å². The van der Waals surface area contributed by atoms with Crippen molar-refractivity contribution in [3.8, 4) is 45.0 Å². The van der Waals surface area contributed by atoms with Gasteiger partial charge in [-0.2, -0.15) is 0 Å². The van der Waals surface area contributed by atoms with Crippen LogP contribution in [0, 0.1) is 34.6 Å². The van der Waals surface area contributed by atoms with Crippen molar-refractivity contribution in [2.24, 2.45) is 28.2 Å². The second kappa shape index (κ2) is 27.5. The quantitative estimate of drug-likeness (QED) is 0.151. The molecule has 0 N–H and O–H groups in total. The first-order chi connectivity index (χ1) is 54.9. The number of pyridine rings is 8. The summed E-state index contributed by atoms with van der Waals surface area (Å²) < 4.78 is 73.6. The van der Waals surface area contributed by atoms with Crippen LogP contribution in [0.4, 0.5) is 0 Å². The molecular formula is C97H84N8O4+4. The summed E-state index contributed by atoms with van der Waals surface area (Å²) in [6, 6.07) is 76.6. The molecule has 1 fully saturated rings. The Kier molecular flexibility index (Phi) is 15.8. The monoisotopic (exact) mass is 1430 g/mol. The van der Waals surface area contributed by atoms with E-state index in [1.54, 1.807) is 6.07 Å². The summed E-state index contributed by atoms with van der Waals surface area (Å²) in [4.78, 5) is 18.8. The van der Waals surface area contributed by atoms with Crippen LogP contribution in [-0.2, 0) is 28.2 Å². The second-order valence-corrected chi connectivity index (χ2v) is 29.4. The van der Waals surface area contributed by atoms with Gasteiger partial charge in [0.1, 0.15) is 50.5 Å². The number of aromatic nitrogens is 8. The first-order valence-corrected chi connectivity index (χ1v) is 37.2. The van der Waals surface area contributed by atoms with Gasteiger partial charge in [-0.3, -0.25) is 0 Å². The van der Waals surface area contributed by atoms with Gasteiger partial charge in [0, 0.05) is 142 Å². The fraction of sp³-hybridized carbons (Fsp3) is 0.175. The zero-order valence-corrected chi connectivity index (χ0v) is 62.7. The lowest BCUT2D eigenvalue weighted by atomic mass is 9.95. The zero-order valence-electron chi connectivity index (χ0n) is 67.7. The maximum Gasteiger partial charge on any atom is 0.227 e. The minimum absolute atomic E-state index is 0.452. The molecule has 21 rings (SSSR count). The fourth-order valence-corrected chi connectivity index (χ4v) is 15.9. The number of benzene rings is 8. The molecule has 12 nitrogen and oxygen atoms in total. The zero-order chi connectivity index (χ0) is 78.8. The third kappa shape index (κ3) is 12.6. The number of rotatable bonds is 6. The first kappa shape index (κ1) is 62.4. The maximum absolute atomic E-state index is 8.96. The lowest BCUT2D eigenvalue weighted by molar-refractivity contribution is -0.660. The fourth-order valence-electron chi connectivity index (χ4n) is 15.9. The molecule has 1 unspecified atom stereocenters. The minimum atomic E-state index is -2.43. The molecule has 0 radical (unpaired) electrons. The maximum atomic E-state index is 8.96. The largest absolute Gasteiger partial charge is 0.438 e. The van der Waals surface area contributed by atoms with E-state index in [4.69, 9.17) is 39.5 Å². The van der Waals surface area contributed by atoms with Crippen molar-refractivity contribution in [3.63, 3.8) is 0 Å². The molecule has 1 saturated carbocycles. The average molecular weight is 1430 g/mol. The Morgan fingerprint density at radius 3 is 1.09 bits per heavy atom. The van der Waals surface area contributed by atoms with Crippen molar-refractivity contribution in [2.75, 3.05) is 0 Å². The highest BCUT2D eigenvalue weighted by Crippen LogP contribution is 2.42. The number of furan rings is 4. The third-order valence-electron chi connectivity index (χ3n) is 21.9. The van der Waals surface area contributed by atoms with Gasteiger partial charge in [-0.15, -0.1) is 0 Å². The van der Waals surface area contributed by atoms with Crippen LogP contribution in [0.3, 0.4) is 0 Å². The van der Waals surface area contributed by atoms with Gasteiger partial charge in [0.05, 0.1) is 22.1 Å². The van der Waals surface area contributed by atoms with Crippen LogP contribution < -0.4 is 18.3 Å². The molecule has 0 amide bonds. The van der Waals surface area contributed by atoms with E-state index in [9.17, 15) is 0 Å². The van der Waals surface area contributed by atoms with Crippen molar-refractivity contribution in [1.82, 2.24) is 19.9 Å². The molecule has 0 bridgehead atoms. The Bertz CT molecular complexity index is 7310. The van der Waals surface area contributed by atoms with Crippen LogP contribution in [0.25, 0.3) is 177 Å². The Morgan fingerprint density at radius 2 is 0.697 bits per heavy atom. The molecule has 1 aliphatic rings. The molecule has 1 atom stereocenters. The molecule has 109 heavy (non-hydrogen) atoms. The predicted octanol–water partition coefficient (Wildman–Crippen LogP) is 22.8. The number of hydrogen-bond acceptors (Lipinski definition) is 8. The van der Waals surface area contributed by atoms with Gasteiger partial charge in [0.15, 0.2) is 24.8 Å². The molecule has 12 heteroatoms. The lowest BCUT2D eigenvalue weighted by Crippen LogP contribution is -2.31. The molecule has 0 spiro atoms. The lowest BCUT2D eigenvalue weighted by Gasteiger charge is -2.11. The number of nitrogens with zero attached hydrogens (tertiary/aromatic N) is 8. The molecule has 12 aromatic heterocycles. The molecule has 532 valence electrons. The standard InChI is InChI=1S/C27H25N2O.C25H23N2O.C23H19N2O.C22H17N2O/c1-17-13-26-22(23-14-20-9-5-6-10-24(20)28-27(23)30-26)16-21(17)25-15-19(11-12-29(25)2)18-7-3-4-8-18;1-15(2)17-9-10-27(4)23(13-17)19-14-20-21-12-18-7-5-6-8-22(18)26-25(21)28-24(20)11-16(19)3;1-14-8-9-25(3)21(10-14)17-13-18-19-12-16-6-4-5-7-20(16)24-23(19)26-22(18)11-15(17)2;1-14-11-21-17(13-16(14)20-9-5-6-10-24(20)2)18-12-15-7-3-4-8-19(15)23-22(18)25-21/h5-6,9-16,18H,3-4,7-8H2,1-2H3;5-15H,1-4H3;4-13H,1-3H3;3-13H,1-2H3/q4*+1/i18D;1D3,15D;;. The number of aryl methyl sites for hydroxylation is 9. The summed E-state index contributed by atoms with van der Waals surface area (Å²) in [5, 5.41) is 12.8. The van der Waals surface area contributed by atoms with Crippen molar-refractivity contribution in [3.05, 3.63) is 288 Å². The summed E-state index contributed by atoms with van der Waals surface area (Å²) >= 11 is 0. The third-order valence-corrected chi connectivity index (χ3v) is 21.9. The van der Waals surface area contributed by atoms with Gasteiger partial charge >= 0.3 is 0 Å². The van der Waals surface area contributed by atoms with E-state index < -0.39 is 18.6 Å². The highest BCUT2D eigenvalue weighted by atomic mass is 16.4. The second-order valence-electron chi connectivity index (χ2n) is 29.4. The van der Waals surface area contributed by atoms with Gasteiger partial charge in [0.25, 0.3) is 0 Å². The van der Waals surface area contributed by atoms with E-state index in [0.717, 1.165) is 168 Å². The minimum Gasteiger partial charge on any atom is -0.438 e. The van der Waals surface area contributed by atoms with Gasteiger partial charge < -0.3 is 17.7 Å². The van der Waals surface area contributed by atoms with E-state index in [-0.39, 0.29) is 0 Å². The van der Waals surface area contributed by atoms with Crippen LogP contribution >= 0.6 is 0 Å². The highest BCUT2D eigenvalue weighted by molar-refractivity contribution is 6.12. The first-order valence-electron chi connectivity index (χ1n) is 39.7. The van der Waals surface area contributed by atoms with Crippen LogP contribution in [-0.4, -0.2) is 19.9 Å².